The predicted molar refractivity (Wildman–Crippen MR) is 397 cm³/mol. The molecular weight excluding hydrogens is 1300 g/mol. The fourth-order valence-corrected chi connectivity index (χ4v) is 17.9. The van der Waals surface area contributed by atoms with Crippen LogP contribution in [-0.4, -0.2) is 204 Å². The second kappa shape index (κ2) is 36.1. The second-order valence-corrected chi connectivity index (χ2v) is 39.0. The standard InChI is InChI=1S/C30H56N2O4.C28H52N2O6.C22H40N2O6/c1-27(2)19-23(20-28(3,4)31(27)9)35-25(33)17-15-13-11-12-14-16-18-26(34)36-24-21-29(5,6)32(10)30(7,8)22-24;1-25(2)17-21(18-26(3,4)29(25)33)35-23(31)15-13-11-9-10-12-14-16-24(32)36-22-19-27(5,6)30(34)28(7,8)20-22;1-19(2)11-15(12-20(3,4)23(19)27)29-17(25)9-10-18(26)30-16-13-21(5,6)24(28)22(7,8)14-16/h23-24H,11-22H2,1-10H3;21-22,33-34H,9-20H2,1-8H3;15-16,27-28H,9-14H2,1-8H3. The summed E-state index contributed by atoms with van der Waals surface area (Å²) >= 11 is 0. The number of piperidine rings is 6. The number of carbonyl (C=O) groups excluding carboxylic acids is 6. The summed E-state index contributed by atoms with van der Waals surface area (Å²) in [7, 11) is 4.33. The lowest BCUT2D eigenvalue weighted by molar-refractivity contribution is -0.260. The number of likely N-dealkylation sites (tertiary alicyclic amines) is 2. The van der Waals surface area contributed by atoms with Crippen molar-refractivity contribution < 1.29 is 78.0 Å². The Morgan fingerprint density at radius 3 is 0.490 bits per heavy atom. The Kier molecular flexibility index (Phi) is 32.1. The van der Waals surface area contributed by atoms with E-state index in [0.29, 0.717) is 77.0 Å². The smallest absolute Gasteiger partial charge is 0.306 e. The van der Waals surface area contributed by atoms with Crippen molar-refractivity contribution in [2.45, 2.75) is 462 Å². The molecule has 22 heteroatoms. The van der Waals surface area contributed by atoms with E-state index in [2.05, 4.69) is 79.3 Å². The van der Waals surface area contributed by atoms with Gasteiger partial charge in [-0.2, -0.15) is 20.3 Å². The van der Waals surface area contributed by atoms with Gasteiger partial charge in [0.25, 0.3) is 0 Å². The van der Waals surface area contributed by atoms with Crippen LogP contribution >= 0.6 is 0 Å². The normalized spacial score (nSPS) is 25.1. The maximum absolute atomic E-state index is 12.4. The van der Waals surface area contributed by atoms with Crippen molar-refractivity contribution in [1.29, 1.82) is 0 Å². The molecule has 0 saturated carbocycles. The lowest BCUT2D eigenvalue weighted by Gasteiger charge is -2.53. The molecule has 6 saturated heterocycles. The lowest BCUT2D eigenvalue weighted by Crippen LogP contribution is -2.60. The van der Waals surface area contributed by atoms with E-state index < -0.39 is 56.3 Å². The molecule has 102 heavy (non-hydrogen) atoms. The molecule has 0 radical (unpaired) electrons. The first kappa shape index (κ1) is 90.8. The number of unbranched alkanes of at least 4 members (excludes halogenated alkanes) is 10. The van der Waals surface area contributed by atoms with Gasteiger partial charge in [0, 0.05) is 169 Å². The minimum Gasteiger partial charge on any atom is -0.462 e. The van der Waals surface area contributed by atoms with Crippen molar-refractivity contribution in [2.75, 3.05) is 14.1 Å². The first-order chi connectivity index (χ1) is 46.4. The molecule has 0 spiro atoms. The maximum atomic E-state index is 12.4. The summed E-state index contributed by atoms with van der Waals surface area (Å²) in [5, 5.41) is 46.9. The zero-order chi connectivity index (χ0) is 77.8. The number of carbonyl (C=O) groups is 6. The predicted octanol–water partition coefficient (Wildman–Crippen LogP) is 16.2. The molecule has 0 amide bonds. The minimum absolute atomic E-state index is 0.00474. The van der Waals surface area contributed by atoms with E-state index >= 15 is 0 Å². The van der Waals surface area contributed by atoms with Gasteiger partial charge in [0.1, 0.15) is 36.6 Å². The fraction of sp³-hybridized carbons (Fsp3) is 0.925. The highest BCUT2D eigenvalue weighted by Crippen LogP contribution is 2.44. The van der Waals surface area contributed by atoms with Crippen LogP contribution in [0.5, 0.6) is 0 Å². The monoisotopic (exact) mass is 1450 g/mol. The second-order valence-electron chi connectivity index (χ2n) is 39.0. The quantitative estimate of drug-likeness (QED) is 0.0338. The highest BCUT2D eigenvalue weighted by Gasteiger charge is 2.51. The van der Waals surface area contributed by atoms with Crippen molar-refractivity contribution in [1.82, 2.24) is 30.1 Å². The van der Waals surface area contributed by atoms with Gasteiger partial charge in [-0.05, 0) is 206 Å². The van der Waals surface area contributed by atoms with Crippen LogP contribution < -0.4 is 0 Å². The first-order valence-corrected chi connectivity index (χ1v) is 39.0. The first-order valence-electron chi connectivity index (χ1n) is 39.0. The Morgan fingerprint density at radius 1 is 0.225 bits per heavy atom. The van der Waals surface area contributed by atoms with Gasteiger partial charge in [0.2, 0.25) is 0 Å². The molecule has 6 fully saturated rings. The van der Waals surface area contributed by atoms with Gasteiger partial charge in [0.15, 0.2) is 0 Å². The molecule has 0 aromatic carbocycles. The van der Waals surface area contributed by atoms with E-state index in [4.69, 9.17) is 28.4 Å². The summed E-state index contributed by atoms with van der Waals surface area (Å²) in [5.41, 5.74) is -3.63. The molecule has 6 heterocycles. The third-order valence-electron chi connectivity index (χ3n) is 23.3. The molecular formula is C80H148N6O16. The van der Waals surface area contributed by atoms with Gasteiger partial charge < -0.3 is 49.3 Å². The van der Waals surface area contributed by atoms with Gasteiger partial charge in [-0.3, -0.25) is 38.6 Å². The van der Waals surface area contributed by atoms with Crippen LogP contribution in [0, 0.1) is 0 Å². The molecule has 22 nitrogen and oxygen atoms in total. The molecule has 0 aromatic heterocycles. The Labute approximate surface area is 617 Å². The van der Waals surface area contributed by atoms with E-state index in [1.807, 2.05) is 111 Å². The summed E-state index contributed by atoms with van der Waals surface area (Å²) in [6, 6.07) is 0. The lowest BCUT2D eigenvalue weighted by atomic mass is 9.78. The number of nitrogens with zero attached hydrogens (tertiary/aromatic N) is 6. The van der Waals surface area contributed by atoms with Gasteiger partial charge in [0.05, 0.1) is 12.8 Å². The van der Waals surface area contributed by atoms with E-state index in [0.717, 1.165) is 103 Å². The number of rotatable bonds is 27. The molecule has 6 aliphatic rings. The van der Waals surface area contributed by atoms with E-state index in [9.17, 15) is 49.6 Å². The maximum Gasteiger partial charge on any atom is 0.306 e. The molecule has 6 aliphatic heterocycles. The van der Waals surface area contributed by atoms with Gasteiger partial charge in [-0.15, -0.1) is 0 Å². The Morgan fingerprint density at radius 2 is 0.343 bits per heavy atom. The molecule has 594 valence electrons. The van der Waals surface area contributed by atoms with Gasteiger partial charge in [-0.1, -0.05) is 51.4 Å². The molecule has 0 aliphatic carbocycles. The average Bonchev–Trinajstić information content (AvgIpc) is 0.824. The van der Waals surface area contributed by atoms with Crippen LogP contribution in [0.2, 0.25) is 0 Å². The summed E-state index contributed by atoms with van der Waals surface area (Å²) in [6.45, 7) is 48.8. The number of ether oxygens (including phenoxy) is 6. The Bertz CT molecular complexity index is 2310. The SMILES string of the molecule is CC1(C)CC(OC(=O)CCC(=O)OC2CC(C)(C)N(O)C(C)(C)C2)CC(C)(C)N1O.CC1(C)CC(OC(=O)CCCCCCCCC(=O)OC2CC(C)(C)N(O)C(C)(C)C2)CC(C)(C)N1O.CN1C(C)(C)CC(OC(=O)CCCCCCCCC(=O)OC2CC(C)(C)N(C)C(C)(C)C2)CC1(C)C. The fourth-order valence-electron chi connectivity index (χ4n) is 17.9. The Hall–Kier alpha value is -3.58. The van der Waals surface area contributed by atoms with Crippen molar-refractivity contribution in [2.24, 2.45) is 0 Å². The van der Waals surface area contributed by atoms with Gasteiger partial charge in [-0.25, -0.2) is 0 Å². The topological polar surface area (TPSA) is 258 Å². The van der Waals surface area contributed by atoms with E-state index in [1.165, 1.54) is 20.3 Å². The third kappa shape index (κ3) is 27.3. The number of hydrogen-bond acceptors (Lipinski definition) is 22. The number of hydrogen-bond donors (Lipinski definition) is 4. The highest BCUT2D eigenvalue weighted by atomic mass is 16.6. The summed E-state index contributed by atoms with van der Waals surface area (Å²) in [6.07, 6.45) is 20.6. The van der Waals surface area contributed by atoms with Crippen molar-refractivity contribution >= 4 is 35.8 Å². The summed E-state index contributed by atoms with van der Waals surface area (Å²) in [4.78, 5) is 78.9. The van der Waals surface area contributed by atoms with Crippen molar-refractivity contribution in [3.05, 3.63) is 0 Å². The zero-order valence-corrected chi connectivity index (χ0v) is 69.0. The molecule has 6 rings (SSSR count). The Balaban J connectivity index is 0.000000326. The zero-order valence-electron chi connectivity index (χ0n) is 69.0. The molecule has 4 N–H and O–H groups in total. The molecule has 0 aromatic rings. The van der Waals surface area contributed by atoms with E-state index in [-0.39, 0.29) is 95.5 Å². The number of esters is 6. The van der Waals surface area contributed by atoms with Crippen LogP contribution in [-0.2, 0) is 57.2 Å². The van der Waals surface area contributed by atoms with Crippen molar-refractivity contribution in [3.63, 3.8) is 0 Å². The molecule has 0 bridgehead atoms. The highest BCUT2D eigenvalue weighted by molar-refractivity contribution is 5.78. The molecule has 0 unspecified atom stereocenters. The summed E-state index contributed by atoms with van der Waals surface area (Å²) < 4.78 is 34.4. The van der Waals surface area contributed by atoms with Crippen LogP contribution in [0.1, 0.15) is 359 Å². The largest absolute Gasteiger partial charge is 0.462 e. The van der Waals surface area contributed by atoms with Crippen LogP contribution in [0.3, 0.4) is 0 Å². The van der Waals surface area contributed by atoms with E-state index in [1.54, 1.807) is 0 Å². The van der Waals surface area contributed by atoms with Crippen LogP contribution in [0.15, 0.2) is 0 Å². The van der Waals surface area contributed by atoms with Gasteiger partial charge >= 0.3 is 35.8 Å². The minimum atomic E-state index is -0.507. The third-order valence-corrected chi connectivity index (χ3v) is 23.3. The average molecular weight is 1450 g/mol. The molecule has 0 atom stereocenters. The summed E-state index contributed by atoms with van der Waals surface area (Å²) in [5.74, 6) is -1.28. The van der Waals surface area contributed by atoms with Crippen LogP contribution in [0.25, 0.3) is 0 Å². The van der Waals surface area contributed by atoms with Crippen LogP contribution in [0.4, 0.5) is 0 Å². The number of hydroxylamine groups is 8. The van der Waals surface area contributed by atoms with Crippen molar-refractivity contribution in [3.8, 4) is 0 Å².